The van der Waals surface area contributed by atoms with Crippen LogP contribution in [-0.2, 0) is 9.59 Å². The molecule has 2 fully saturated rings. The van der Waals surface area contributed by atoms with Gasteiger partial charge in [0.25, 0.3) is 0 Å². The molecule has 2 heterocycles. The summed E-state index contributed by atoms with van der Waals surface area (Å²) in [4.78, 5) is 28.0. The number of likely N-dealkylation sites (tertiary alicyclic amines) is 1. The topological polar surface area (TPSA) is 40.6 Å². The van der Waals surface area contributed by atoms with Crippen molar-refractivity contribution in [2.24, 2.45) is 5.92 Å². The number of nitrogens with zero attached hydrogens (tertiary/aromatic N) is 2. The predicted molar refractivity (Wildman–Crippen MR) is 72.7 cm³/mol. The van der Waals surface area contributed by atoms with Gasteiger partial charge in [-0.2, -0.15) is 0 Å². The van der Waals surface area contributed by atoms with Crippen LogP contribution in [0.2, 0.25) is 0 Å². The van der Waals surface area contributed by atoms with E-state index in [9.17, 15) is 9.59 Å². The summed E-state index contributed by atoms with van der Waals surface area (Å²) in [5, 5.41) is 0. The van der Waals surface area contributed by atoms with E-state index in [2.05, 4.69) is 0 Å². The third-order valence-electron chi connectivity index (χ3n) is 3.96. The summed E-state index contributed by atoms with van der Waals surface area (Å²) >= 11 is 0. The van der Waals surface area contributed by atoms with Crippen molar-refractivity contribution < 1.29 is 9.59 Å². The molecule has 2 amide bonds. The van der Waals surface area contributed by atoms with Gasteiger partial charge in [-0.15, -0.1) is 0 Å². The van der Waals surface area contributed by atoms with Crippen molar-refractivity contribution >= 4 is 17.5 Å². The minimum atomic E-state index is -0.161. The largest absolute Gasteiger partial charge is 0.342 e. The number of carbonyl (C=O) groups is 2. The van der Waals surface area contributed by atoms with Crippen LogP contribution in [0.15, 0.2) is 30.3 Å². The fourth-order valence-corrected chi connectivity index (χ4v) is 2.93. The molecule has 0 radical (unpaired) electrons. The number of anilines is 1. The van der Waals surface area contributed by atoms with Crippen LogP contribution in [0, 0.1) is 5.92 Å². The normalized spacial score (nSPS) is 23.2. The average Bonchev–Trinajstić information content (AvgIpc) is 3.08. The van der Waals surface area contributed by atoms with Crippen molar-refractivity contribution in [1.29, 1.82) is 0 Å². The third-order valence-corrected chi connectivity index (χ3v) is 3.96. The molecule has 1 aromatic rings. The number of hydrogen-bond acceptors (Lipinski definition) is 2. The summed E-state index contributed by atoms with van der Waals surface area (Å²) in [5.74, 6) is 0.0545. The highest BCUT2D eigenvalue weighted by Crippen LogP contribution is 2.26. The average molecular weight is 258 g/mol. The van der Waals surface area contributed by atoms with Gasteiger partial charge in [0.2, 0.25) is 11.8 Å². The molecule has 100 valence electrons. The molecule has 4 nitrogen and oxygen atoms in total. The Labute approximate surface area is 113 Å². The van der Waals surface area contributed by atoms with Crippen LogP contribution in [0.4, 0.5) is 5.69 Å². The smallest absolute Gasteiger partial charge is 0.228 e. The maximum atomic E-state index is 12.3. The Morgan fingerprint density at radius 3 is 2.47 bits per heavy atom. The molecule has 0 bridgehead atoms. The lowest BCUT2D eigenvalue weighted by Crippen LogP contribution is -2.35. The summed E-state index contributed by atoms with van der Waals surface area (Å²) in [5.41, 5.74) is 0.893. The van der Waals surface area contributed by atoms with Crippen molar-refractivity contribution in [3.8, 4) is 0 Å². The van der Waals surface area contributed by atoms with Gasteiger partial charge in [-0.05, 0) is 25.0 Å². The number of para-hydroxylation sites is 1. The van der Waals surface area contributed by atoms with E-state index in [1.54, 1.807) is 4.90 Å². The molecule has 0 aromatic heterocycles. The highest BCUT2D eigenvalue weighted by molar-refractivity contribution is 6.00. The van der Waals surface area contributed by atoms with Gasteiger partial charge in [-0.25, -0.2) is 0 Å². The zero-order valence-electron chi connectivity index (χ0n) is 10.9. The first-order valence-corrected chi connectivity index (χ1v) is 6.90. The number of amides is 2. The standard InChI is InChI=1S/C15H18N2O2/c18-14-10-12(15(19)16-8-4-5-9-16)11-17(14)13-6-2-1-3-7-13/h1-3,6-7,12H,4-5,8-11H2. The number of rotatable bonds is 2. The molecular weight excluding hydrogens is 240 g/mol. The highest BCUT2D eigenvalue weighted by Gasteiger charge is 2.37. The molecule has 2 aliphatic heterocycles. The molecule has 19 heavy (non-hydrogen) atoms. The predicted octanol–water partition coefficient (Wildman–Crippen LogP) is 1.66. The second-order valence-electron chi connectivity index (χ2n) is 5.27. The van der Waals surface area contributed by atoms with Gasteiger partial charge in [0.1, 0.15) is 0 Å². The first-order chi connectivity index (χ1) is 9.25. The Morgan fingerprint density at radius 2 is 1.79 bits per heavy atom. The van der Waals surface area contributed by atoms with E-state index in [1.807, 2.05) is 35.2 Å². The van der Waals surface area contributed by atoms with Crippen LogP contribution >= 0.6 is 0 Å². The van der Waals surface area contributed by atoms with Gasteiger partial charge in [-0.3, -0.25) is 9.59 Å². The van der Waals surface area contributed by atoms with E-state index in [4.69, 9.17) is 0 Å². The Kier molecular flexibility index (Phi) is 3.23. The van der Waals surface area contributed by atoms with Crippen molar-refractivity contribution in [3.63, 3.8) is 0 Å². The number of carbonyl (C=O) groups excluding carboxylic acids is 2. The Hall–Kier alpha value is -1.84. The van der Waals surface area contributed by atoms with Crippen molar-refractivity contribution in [1.82, 2.24) is 4.90 Å². The minimum absolute atomic E-state index is 0.0590. The summed E-state index contributed by atoms with van der Waals surface area (Å²) in [6.45, 7) is 2.24. The van der Waals surface area contributed by atoms with Crippen LogP contribution in [0.3, 0.4) is 0 Å². The molecule has 1 aromatic carbocycles. The zero-order valence-corrected chi connectivity index (χ0v) is 10.9. The summed E-state index contributed by atoms with van der Waals surface area (Å²) in [7, 11) is 0. The molecule has 0 N–H and O–H groups in total. The maximum absolute atomic E-state index is 12.3. The van der Waals surface area contributed by atoms with Crippen LogP contribution in [0.5, 0.6) is 0 Å². The summed E-state index contributed by atoms with van der Waals surface area (Å²) < 4.78 is 0. The fourth-order valence-electron chi connectivity index (χ4n) is 2.93. The lowest BCUT2D eigenvalue weighted by molar-refractivity contribution is -0.134. The lowest BCUT2D eigenvalue weighted by Gasteiger charge is -2.20. The van der Waals surface area contributed by atoms with E-state index in [1.165, 1.54) is 0 Å². The van der Waals surface area contributed by atoms with Gasteiger partial charge in [0.15, 0.2) is 0 Å². The molecule has 1 atom stereocenters. The molecule has 0 aliphatic carbocycles. The van der Waals surface area contributed by atoms with Crippen LogP contribution in [-0.4, -0.2) is 36.3 Å². The monoisotopic (exact) mass is 258 g/mol. The maximum Gasteiger partial charge on any atom is 0.228 e. The molecule has 1 unspecified atom stereocenters. The Bertz CT molecular complexity index is 480. The Balaban J connectivity index is 1.71. The molecule has 2 aliphatic rings. The molecule has 0 saturated carbocycles. The van der Waals surface area contributed by atoms with Gasteiger partial charge in [-0.1, -0.05) is 18.2 Å². The van der Waals surface area contributed by atoms with Crippen molar-refractivity contribution in [2.75, 3.05) is 24.5 Å². The van der Waals surface area contributed by atoms with Crippen LogP contribution < -0.4 is 4.90 Å². The molecule has 0 spiro atoms. The molecular formula is C15H18N2O2. The first kappa shape index (κ1) is 12.2. The SMILES string of the molecule is O=C(C1CC(=O)N(c2ccccc2)C1)N1CCCC1. The minimum Gasteiger partial charge on any atom is -0.342 e. The van der Waals surface area contributed by atoms with E-state index in [-0.39, 0.29) is 17.7 Å². The van der Waals surface area contributed by atoms with E-state index in [0.29, 0.717) is 13.0 Å². The first-order valence-electron chi connectivity index (χ1n) is 6.90. The van der Waals surface area contributed by atoms with Crippen molar-refractivity contribution in [2.45, 2.75) is 19.3 Å². The van der Waals surface area contributed by atoms with Crippen molar-refractivity contribution in [3.05, 3.63) is 30.3 Å². The number of benzene rings is 1. The van der Waals surface area contributed by atoms with E-state index >= 15 is 0 Å². The van der Waals surface area contributed by atoms with Crippen LogP contribution in [0.25, 0.3) is 0 Å². The molecule has 2 saturated heterocycles. The van der Waals surface area contributed by atoms with Gasteiger partial charge in [0.05, 0.1) is 5.92 Å². The van der Waals surface area contributed by atoms with Gasteiger partial charge < -0.3 is 9.80 Å². The van der Waals surface area contributed by atoms with Gasteiger partial charge >= 0.3 is 0 Å². The molecule has 3 rings (SSSR count). The quantitative estimate of drug-likeness (QED) is 0.809. The van der Waals surface area contributed by atoms with Crippen LogP contribution in [0.1, 0.15) is 19.3 Å². The third kappa shape index (κ3) is 2.35. The van der Waals surface area contributed by atoms with Gasteiger partial charge in [0, 0.05) is 31.7 Å². The highest BCUT2D eigenvalue weighted by atomic mass is 16.2. The Morgan fingerprint density at radius 1 is 1.11 bits per heavy atom. The lowest BCUT2D eigenvalue weighted by atomic mass is 10.1. The second kappa shape index (κ2) is 5.03. The summed E-state index contributed by atoms with van der Waals surface area (Å²) in [6, 6.07) is 9.59. The van der Waals surface area contributed by atoms with E-state index in [0.717, 1.165) is 31.6 Å². The number of hydrogen-bond donors (Lipinski definition) is 0. The second-order valence-corrected chi connectivity index (χ2v) is 5.27. The molecule has 4 heteroatoms. The fraction of sp³-hybridized carbons (Fsp3) is 0.467. The zero-order chi connectivity index (χ0) is 13.2. The van der Waals surface area contributed by atoms with E-state index < -0.39 is 0 Å². The summed E-state index contributed by atoms with van der Waals surface area (Å²) in [6.07, 6.45) is 2.54.